The van der Waals surface area contributed by atoms with Crippen molar-refractivity contribution in [3.63, 3.8) is 0 Å². The summed E-state index contributed by atoms with van der Waals surface area (Å²) >= 11 is 0.741. The number of alkyl halides is 3. The molecule has 4 aromatic rings. The third-order valence-electron chi connectivity index (χ3n) is 7.57. The predicted octanol–water partition coefficient (Wildman–Crippen LogP) is 6.39. The lowest BCUT2D eigenvalue weighted by Gasteiger charge is -2.34. The Kier molecular flexibility index (Phi) is 5.64. The highest BCUT2D eigenvalue weighted by Crippen LogP contribution is 2.52. The number of hydrogen-bond donors (Lipinski definition) is 1. The molecule has 2 aromatic heterocycles. The maximum absolute atomic E-state index is 13.9. The fraction of sp³-hybridized carbons (Fsp3) is 0.286. The number of halogens is 3. The first-order valence-corrected chi connectivity index (χ1v) is 13.0. The van der Waals surface area contributed by atoms with Crippen molar-refractivity contribution in [1.82, 2.24) is 4.57 Å². The Labute approximate surface area is 218 Å². The van der Waals surface area contributed by atoms with Crippen LogP contribution >= 0.6 is 11.8 Å². The number of benzene rings is 2. The first-order chi connectivity index (χ1) is 18.1. The third kappa shape index (κ3) is 3.65. The number of nitrogens with zero attached hydrogens (tertiary/aromatic N) is 1. The minimum absolute atomic E-state index is 0.0229. The van der Waals surface area contributed by atoms with Gasteiger partial charge in [-0.25, -0.2) is 4.79 Å². The Balaban J connectivity index is 1.54. The van der Waals surface area contributed by atoms with Gasteiger partial charge in [0.05, 0.1) is 18.4 Å². The summed E-state index contributed by atoms with van der Waals surface area (Å²) in [4.78, 5) is 26.9. The van der Waals surface area contributed by atoms with E-state index in [0.717, 1.165) is 61.6 Å². The van der Waals surface area contributed by atoms with E-state index in [4.69, 9.17) is 9.15 Å². The molecule has 1 aliphatic heterocycles. The van der Waals surface area contributed by atoms with E-state index in [2.05, 4.69) is 0 Å². The molecule has 2 aliphatic rings. The van der Waals surface area contributed by atoms with E-state index in [1.807, 2.05) is 12.1 Å². The lowest BCUT2D eigenvalue weighted by molar-refractivity contribution is -0.137. The molecule has 1 spiro atoms. The molecule has 6 nitrogen and oxygen atoms in total. The normalized spacial score (nSPS) is 16.0. The molecule has 2 aromatic carbocycles. The van der Waals surface area contributed by atoms with Crippen LogP contribution in [0.5, 0.6) is 11.5 Å². The average molecular weight is 542 g/mol. The maximum atomic E-state index is 13.9. The second kappa shape index (κ2) is 8.69. The summed E-state index contributed by atoms with van der Waals surface area (Å²) < 4.78 is 51.4. The largest absolute Gasteiger partial charge is 0.505 e. The summed E-state index contributed by atoms with van der Waals surface area (Å²) in [5.74, 6) is 0.116. The number of hydrogen-bond acceptors (Lipinski definition) is 6. The molecule has 0 bridgehead atoms. The van der Waals surface area contributed by atoms with Gasteiger partial charge in [-0.1, -0.05) is 31.0 Å². The smallest absolute Gasteiger partial charge is 0.416 e. The summed E-state index contributed by atoms with van der Waals surface area (Å²) in [6.07, 6.45) is 0.158. The van der Waals surface area contributed by atoms with Crippen molar-refractivity contribution in [2.24, 2.45) is 0 Å². The number of rotatable bonds is 3. The van der Waals surface area contributed by atoms with Crippen molar-refractivity contribution in [3.8, 4) is 17.2 Å². The molecule has 1 N–H and O–H groups in total. The van der Waals surface area contributed by atoms with Crippen LogP contribution in [0, 0.1) is 0 Å². The van der Waals surface area contributed by atoms with Crippen LogP contribution in [-0.2, 0) is 11.6 Å². The van der Waals surface area contributed by atoms with Crippen molar-refractivity contribution in [3.05, 3.63) is 86.1 Å². The summed E-state index contributed by atoms with van der Waals surface area (Å²) in [6, 6.07) is 11.4. The van der Waals surface area contributed by atoms with E-state index in [1.54, 1.807) is 23.8 Å². The summed E-state index contributed by atoms with van der Waals surface area (Å²) in [6.45, 7) is 0. The molecule has 0 radical (unpaired) electrons. The zero-order chi connectivity index (χ0) is 26.8. The molecule has 0 amide bonds. The van der Waals surface area contributed by atoms with Gasteiger partial charge in [-0.15, -0.1) is 0 Å². The molecule has 6 rings (SSSR count). The standard InChI is InChI=1S/C28H22F3NO5S/c1-36-16-7-10-19-18(13-16)27(11-3-2-4-12-27)21-14-20-22(25(34)32(19)21)23(33)24(26(35)37-20)38-17-8-5-15(6-9-17)28(29,30)31/h5-10,13-14,33H,2-4,11-12H2,1H3. The Morgan fingerprint density at radius 2 is 1.74 bits per heavy atom. The van der Waals surface area contributed by atoms with Gasteiger partial charge in [0.15, 0.2) is 5.75 Å². The number of pyridine rings is 1. The molecule has 1 saturated carbocycles. The van der Waals surface area contributed by atoms with Crippen LogP contribution in [0.1, 0.15) is 48.9 Å². The van der Waals surface area contributed by atoms with Crippen molar-refractivity contribution in [1.29, 1.82) is 0 Å². The molecule has 10 heteroatoms. The van der Waals surface area contributed by atoms with E-state index in [1.165, 1.54) is 12.1 Å². The van der Waals surface area contributed by atoms with Crippen LogP contribution < -0.4 is 15.9 Å². The predicted molar refractivity (Wildman–Crippen MR) is 136 cm³/mol. The molecular weight excluding hydrogens is 519 g/mol. The quantitative estimate of drug-likeness (QED) is 0.324. The number of aromatic nitrogens is 1. The minimum atomic E-state index is -4.50. The van der Waals surface area contributed by atoms with Crippen LogP contribution in [0.3, 0.4) is 0 Å². The van der Waals surface area contributed by atoms with Gasteiger partial charge in [-0.3, -0.25) is 9.36 Å². The van der Waals surface area contributed by atoms with Crippen LogP contribution in [0.2, 0.25) is 0 Å². The fourth-order valence-corrected chi connectivity index (χ4v) is 6.62. The SMILES string of the molecule is COc1ccc2c(c1)C1(CCCCC1)c1cc3oc(=O)c(Sc4ccc(C(F)(F)F)cc4)c(O)c3c(=O)n1-2. The van der Waals surface area contributed by atoms with Gasteiger partial charge in [0.25, 0.3) is 5.56 Å². The topological polar surface area (TPSA) is 81.7 Å². The first kappa shape index (κ1) is 24.7. The average Bonchev–Trinajstić information content (AvgIpc) is 3.15. The van der Waals surface area contributed by atoms with E-state index in [9.17, 15) is 27.9 Å². The molecule has 1 fully saturated rings. The lowest BCUT2D eigenvalue weighted by Crippen LogP contribution is -2.31. The number of fused-ring (bicyclic) bond motifs is 6. The summed E-state index contributed by atoms with van der Waals surface area (Å²) in [7, 11) is 1.58. The third-order valence-corrected chi connectivity index (χ3v) is 8.64. The van der Waals surface area contributed by atoms with E-state index < -0.39 is 34.1 Å². The fourth-order valence-electron chi connectivity index (χ4n) is 5.79. The van der Waals surface area contributed by atoms with E-state index in [-0.39, 0.29) is 20.8 Å². The molecule has 1 aliphatic carbocycles. The Morgan fingerprint density at radius 3 is 2.39 bits per heavy atom. The number of methoxy groups -OCH3 is 1. The Bertz CT molecular complexity index is 1700. The van der Waals surface area contributed by atoms with E-state index >= 15 is 0 Å². The lowest BCUT2D eigenvalue weighted by atomic mass is 9.68. The maximum Gasteiger partial charge on any atom is 0.416 e. The second-order valence-electron chi connectivity index (χ2n) is 9.63. The molecule has 0 atom stereocenters. The van der Waals surface area contributed by atoms with Crippen LogP contribution in [0.15, 0.2) is 72.3 Å². The van der Waals surface area contributed by atoms with Crippen LogP contribution in [-0.4, -0.2) is 16.8 Å². The molecule has 0 unspecified atom stereocenters. The summed E-state index contributed by atoms with van der Waals surface area (Å²) in [5.41, 5.74) is -0.341. The monoisotopic (exact) mass is 541 g/mol. The van der Waals surface area contributed by atoms with Crippen molar-refractivity contribution in [2.75, 3.05) is 7.11 Å². The van der Waals surface area contributed by atoms with Gasteiger partial charge in [-0.05, 0) is 60.9 Å². The van der Waals surface area contributed by atoms with Gasteiger partial charge < -0.3 is 14.3 Å². The molecule has 0 saturated heterocycles. The minimum Gasteiger partial charge on any atom is -0.505 e. The van der Waals surface area contributed by atoms with Crippen LogP contribution in [0.4, 0.5) is 13.2 Å². The molecule has 38 heavy (non-hydrogen) atoms. The molecular formula is C28H22F3NO5S. The number of aromatic hydroxyl groups is 1. The van der Waals surface area contributed by atoms with Gasteiger partial charge in [0, 0.05) is 22.1 Å². The Hall–Kier alpha value is -3.66. The highest BCUT2D eigenvalue weighted by Gasteiger charge is 2.46. The summed E-state index contributed by atoms with van der Waals surface area (Å²) in [5, 5.41) is 11.0. The van der Waals surface area contributed by atoms with Crippen LogP contribution in [0.25, 0.3) is 16.7 Å². The van der Waals surface area contributed by atoms with E-state index in [0.29, 0.717) is 17.1 Å². The van der Waals surface area contributed by atoms with Gasteiger partial charge >= 0.3 is 11.8 Å². The highest BCUT2D eigenvalue weighted by molar-refractivity contribution is 7.99. The second-order valence-corrected chi connectivity index (χ2v) is 10.7. The highest BCUT2D eigenvalue weighted by atomic mass is 32.2. The van der Waals surface area contributed by atoms with Gasteiger partial charge in [-0.2, -0.15) is 13.2 Å². The van der Waals surface area contributed by atoms with Crippen molar-refractivity contribution >= 4 is 22.7 Å². The van der Waals surface area contributed by atoms with Crippen molar-refractivity contribution in [2.45, 2.75) is 53.5 Å². The Morgan fingerprint density at radius 1 is 1.03 bits per heavy atom. The first-order valence-electron chi connectivity index (χ1n) is 12.1. The molecule has 196 valence electrons. The zero-order valence-electron chi connectivity index (χ0n) is 20.2. The number of ether oxygens (including phenoxy) is 1. The van der Waals surface area contributed by atoms with Crippen molar-refractivity contribution < 1.29 is 27.4 Å². The van der Waals surface area contributed by atoms with Gasteiger partial charge in [0.1, 0.15) is 21.6 Å². The van der Waals surface area contributed by atoms with Gasteiger partial charge in [0.2, 0.25) is 0 Å². The molecule has 3 heterocycles. The zero-order valence-corrected chi connectivity index (χ0v) is 21.0.